The van der Waals surface area contributed by atoms with Crippen LogP contribution in [0.25, 0.3) is 22.4 Å². The third-order valence-electron chi connectivity index (χ3n) is 3.89. The number of nitrogens with one attached hydrogen (secondary N) is 1. The van der Waals surface area contributed by atoms with Gasteiger partial charge in [-0.3, -0.25) is 0 Å². The second-order valence-electron chi connectivity index (χ2n) is 5.45. The molecule has 0 amide bonds. The zero-order valence-corrected chi connectivity index (χ0v) is 12.7. The van der Waals surface area contributed by atoms with Gasteiger partial charge in [-0.15, -0.1) is 0 Å². The molecule has 0 spiro atoms. The molecule has 3 aromatic heterocycles. The fourth-order valence-electron chi connectivity index (χ4n) is 2.78. The molecule has 0 aliphatic carbocycles. The van der Waals surface area contributed by atoms with Gasteiger partial charge < -0.3 is 9.88 Å². The molecule has 4 rings (SSSR count). The van der Waals surface area contributed by atoms with E-state index in [9.17, 15) is 8.78 Å². The van der Waals surface area contributed by atoms with Gasteiger partial charge >= 0.3 is 0 Å². The molecule has 1 fully saturated rings. The Kier molecular flexibility index (Phi) is 3.37. The number of nitrogens with zero attached hydrogens (tertiary/aromatic N) is 4. The van der Waals surface area contributed by atoms with Crippen LogP contribution < -0.4 is 4.90 Å². The third-order valence-corrected chi connectivity index (χ3v) is 4.10. The molecule has 118 valence electrons. The summed E-state index contributed by atoms with van der Waals surface area (Å²) in [6.07, 6.45) is 3.77. The topological polar surface area (TPSA) is 57.7 Å². The van der Waals surface area contributed by atoms with Crippen molar-refractivity contribution in [3.8, 4) is 11.4 Å². The molecule has 1 aliphatic rings. The van der Waals surface area contributed by atoms with Gasteiger partial charge in [-0.25, -0.2) is 23.7 Å². The van der Waals surface area contributed by atoms with Crippen molar-refractivity contribution >= 4 is 28.5 Å². The van der Waals surface area contributed by atoms with E-state index in [-0.39, 0.29) is 12.4 Å². The van der Waals surface area contributed by atoms with Crippen LogP contribution in [0.15, 0.2) is 24.7 Å². The molecule has 0 radical (unpaired) electrons. The molecule has 5 nitrogen and oxygen atoms in total. The van der Waals surface area contributed by atoms with Gasteiger partial charge in [-0.1, -0.05) is 11.6 Å². The van der Waals surface area contributed by atoms with Crippen molar-refractivity contribution in [3.63, 3.8) is 0 Å². The average Bonchev–Trinajstić information content (AvgIpc) is 3.14. The zero-order valence-electron chi connectivity index (χ0n) is 11.9. The number of hydrogen-bond acceptors (Lipinski definition) is 4. The van der Waals surface area contributed by atoms with E-state index in [4.69, 9.17) is 11.6 Å². The lowest BCUT2D eigenvalue weighted by atomic mass is 10.2. The van der Waals surface area contributed by atoms with Crippen LogP contribution in [0.4, 0.5) is 14.6 Å². The number of pyridine rings is 1. The fraction of sp³-hybridized carbons (Fsp3) is 0.267. The summed E-state index contributed by atoms with van der Waals surface area (Å²) in [4.78, 5) is 17.1. The van der Waals surface area contributed by atoms with Gasteiger partial charge in [-0.05, 0) is 12.5 Å². The number of H-pyrrole nitrogens is 1. The van der Waals surface area contributed by atoms with Gasteiger partial charge in [-0.2, -0.15) is 0 Å². The molecule has 4 heterocycles. The predicted molar refractivity (Wildman–Crippen MR) is 83.8 cm³/mol. The van der Waals surface area contributed by atoms with Crippen molar-refractivity contribution in [2.45, 2.75) is 12.6 Å². The number of anilines is 1. The third kappa shape index (κ3) is 2.50. The first-order chi connectivity index (χ1) is 11.1. The first kappa shape index (κ1) is 14.3. The van der Waals surface area contributed by atoms with Gasteiger partial charge in [0.15, 0.2) is 17.5 Å². The number of hydrogen-bond donors (Lipinski definition) is 1. The van der Waals surface area contributed by atoms with Crippen LogP contribution in [0, 0.1) is 5.82 Å². The number of rotatable bonds is 2. The van der Waals surface area contributed by atoms with Crippen molar-refractivity contribution in [3.05, 3.63) is 35.5 Å². The van der Waals surface area contributed by atoms with Crippen LogP contribution in [-0.2, 0) is 0 Å². The minimum Gasteiger partial charge on any atom is -0.351 e. The van der Waals surface area contributed by atoms with E-state index in [2.05, 4.69) is 19.9 Å². The summed E-state index contributed by atoms with van der Waals surface area (Å²) < 4.78 is 27.4. The Labute approximate surface area is 135 Å². The molecule has 0 unspecified atom stereocenters. The van der Waals surface area contributed by atoms with Gasteiger partial charge in [0.2, 0.25) is 0 Å². The molecule has 1 atom stereocenters. The van der Waals surface area contributed by atoms with Crippen molar-refractivity contribution in [1.82, 2.24) is 19.9 Å². The zero-order chi connectivity index (χ0) is 16.0. The summed E-state index contributed by atoms with van der Waals surface area (Å²) in [7, 11) is 0. The van der Waals surface area contributed by atoms with E-state index >= 15 is 0 Å². The summed E-state index contributed by atoms with van der Waals surface area (Å²) in [5.41, 5.74) is 1.32. The predicted octanol–water partition coefficient (Wildman–Crippen LogP) is 3.36. The van der Waals surface area contributed by atoms with E-state index in [1.54, 1.807) is 17.2 Å². The molecular formula is C15H12ClF2N5. The molecule has 0 aromatic carbocycles. The van der Waals surface area contributed by atoms with E-state index < -0.39 is 12.0 Å². The fourth-order valence-corrected chi connectivity index (χ4v) is 2.94. The maximum absolute atomic E-state index is 14.0. The number of alkyl halides is 1. The monoisotopic (exact) mass is 335 g/mol. The Balaban J connectivity index is 1.81. The Morgan fingerprint density at radius 1 is 1.30 bits per heavy atom. The van der Waals surface area contributed by atoms with Gasteiger partial charge in [0.25, 0.3) is 0 Å². The van der Waals surface area contributed by atoms with Gasteiger partial charge in [0.05, 0.1) is 17.8 Å². The standard InChI is InChI=1S/C15H12ClF2N5/c16-8-3-10-11(5-20-13(10)19-4-8)14-21-6-12(18)15(22-14)23-2-1-9(17)7-23/h3-6,9H,1-2,7H2,(H,19,20)/t9-/m0/s1. The maximum atomic E-state index is 14.0. The highest BCUT2D eigenvalue weighted by Gasteiger charge is 2.26. The smallest absolute Gasteiger partial charge is 0.183 e. The van der Waals surface area contributed by atoms with Crippen LogP contribution in [0.5, 0.6) is 0 Å². The Bertz CT molecular complexity index is 881. The molecule has 1 saturated heterocycles. The van der Waals surface area contributed by atoms with Crippen LogP contribution in [0.1, 0.15) is 6.42 Å². The summed E-state index contributed by atoms with van der Waals surface area (Å²) >= 11 is 5.98. The Morgan fingerprint density at radius 2 is 2.17 bits per heavy atom. The maximum Gasteiger partial charge on any atom is 0.183 e. The molecule has 8 heteroatoms. The first-order valence-electron chi connectivity index (χ1n) is 7.16. The highest BCUT2D eigenvalue weighted by atomic mass is 35.5. The van der Waals surface area contributed by atoms with Crippen LogP contribution in [0.2, 0.25) is 5.02 Å². The van der Waals surface area contributed by atoms with Gasteiger partial charge in [0, 0.05) is 29.9 Å². The minimum atomic E-state index is -0.955. The SMILES string of the molecule is Fc1cnc(-c2c[nH]c3ncc(Cl)cc23)nc1N1CC[C@H](F)C1. The van der Waals surface area contributed by atoms with Crippen molar-refractivity contribution < 1.29 is 8.78 Å². The highest BCUT2D eigenvalue weighted by molar-refractivity contribution is 6.31. The van der Waals surface area contributed by atoms with Crippen LogP contribution >= 0.6 is 11.6 Å². The minimum absolute atomic E-state index is 0.125. The lowest BCUT2D eigenvalue weighted by Crippen LogP contribution is -2.22. The van der Waals surface area contributed by atoms with E-state index in [1.807, 2.05) is 0 Å². The molecule has 0 bridgehead atoms. The summed E-state index contributed by atoms with van der Waals surface area (Å²) in [5, 5.41) is 1.24. The van der Waals surface area contributed by atoms with Crippen molar-refractivity contribution in [2.75, 3.05) is 18.0 Å². The Hall–Kier alpha value is -2.28. The first-order valence-corrected chi connectivity index (χ1v) is 7.54. The summed E-state index contributed by atoms with van der Waals surface area (Å²) in [6, 6.07) is 1.75. The lowest BCUT2D eigenvalue weighted by Gasteiger charge is -2.17. The van der Waals surface area contributed by atoms with E-state index in [1.165, 1.54) is 6.20 Å². The van der Waals surface area contributed by atoms with Gasteiger partial charge in [0.1, 0.15) is 11.8 Å². The van der Waals surface area contributed by atoms with Crippen LogP contribution in [-0.4, -0.2) is 39.2 Å². The van der Waals surface area contributed by atoms with Crippen molar-refractivity contribution in [1.29, 1.82) is 0 Å². The summed E-state index contributed by atoms with van der Waals surface area (Å²) in [6.45, 7) is 0.588. The molecule has 1 N–H and O–H groups in total. The number of aromatic nitrogens is 4. The molecular weight excluding hydrogens is 324 g/mol. The normalized spacial score (nSPS) is 18.0. The molecule has 3 aromatic rings. The molecule has 1 aliphatic heterocycles. The number of fused-ring (bicyclic) bond motifs is 1. The quantitative estimate of drug-likeness (QED) is 0.780. The summed E-state index contributed by atoms with van der Waals surface area (Å²) in [5.74, 6) is -0.0858. The average molecular weight is 336 g/mol. The largest absolute Gasteiger partial charge is 0.351 e. The van der Waals surface area contributed by atoms with E-state index in [0.717, 1.165) is 11.6 Å². The number of halogens is 3. The molecule has 23 heavy (non-hydrogen) atoms. The second kappa shape index (κ2) is 5.42. The lowest BCUT2D eigenvalue weighted by molar-refractivity contribution is 0.364. The highest BCUT2D eigenvalue weighted by Crippen LogP contribution is 2.30. The number of aromatic amines is 1. The molecule has 0 saturated carbocycles. The van der Waals surface area contributed by atoms with Crippen molar-refractivity contribution in [2.24, 2.45) is 0 Å². The second-order valence-corrected chi connectivity index (χ2v) is 5.89. The van der Waals surface area contributed by atoms with Crippen LogP contribution in [0.3, 0.4) is 0 Å². The Morgan fingerprint density at radius 3 is 2.96 bits per heavy atom. The van der Waals surface area contributed by atoms with E-state index in [0.29, 0.717) is 35.0 Å².